The third-order valence-electron chi connectivity index (χ3n) is 9.38. The van der Waals surface area contributed by atoms with Gasteiger partial charge < -0.3 is 29.5 Å². The van der Waals surface area contributed by atoms with Crippen LogP contribution >= 0.6 is 0 Å². The van der Waals surface area contributed by atoms with Crippen LogP contribution in [0.25, 0.3) is 0 Å². The van der Waals surface area contributed by atoms with Crippen molar-refractivity contribution in [2.75, 3.05) is 44.1 Å². The number of methoxy groups -OCH3 is 2. The Labute approximate surface area is 289 Å². The van der Waals surface area contributed by atoms with Crippen molar-refractivity contribution < 1.29 is 41.2 Å². The lowest BCUT2D eigenvalue weighted by atomic mass is 9.70. The number of ether oxygens (including phenoxy) is 3. The maximum atomic E-state index is 16.1. The molecule has 258 valence electrons. The zero-order valence-corrected chi connectivity index (χ0v) is 28.7. The quantitative estimate of drug-likeness (QED) is 0.224. The number of sulfonamides is 1. The highest BCUT2D eigenvalue weighted by Crippen LogP contribution is 2.56. The van der Waals surface area contributed by atoms with Crippen molar-refractivity contribution in [2.45, 2.75) is 36.2 Å². The Morgan fingerprint density at radius 3 is 2.50 bits per heavy atom. The van der Waals surface area contributed by atoms with Gasteiger partial charge in [-0.15, -0.1) is 0 Å². The molecule has 2 amide bonds. The summed E-state index contributed by atoms with van der Waals surface area (Å²) in [5.74, 6) is -1.77. The number of carbonyl (C=O) groups excluding carboxylic acids is 1. The van der Waals surface area contributed by atoms with Crippen LogP contribution in [0.5, 0.6) is 17.2 Å². The molecule has 0 radical (unpaired) electrons. The van der Waals surface area contributed by atoms with Gasteiger partial charge in [-0.1, -0.05) is 36.4 Å². The zero-order valence-electron chi connectivity index (χ0n) is 27.9. The molecule has 13 nitrogen and oxygen atoms in total. The molecule has 3 aromatic carbocycles. The van der Waals surface area contributed by atoms with Crippen LogP contribution in [0, 0.1) is 18.3 Å². The van der Waals surface area contributed by atoms with Gasteiger partial charge in [0, 0.05) is 36.0 Å². The van der Waals surface area contributed by atoms with Crippen molar-refractivity contribution in [3.63, 3.8) is 0 Å². The van der Waals surface area contributed by atoms with Gasteiger partial charge in [0.2, 0.25) is 0 Å². The molecule has 2 N–H and O–H groups in total. The van der Waals surface area contributed by atoms with Crippen LogP contribution in [0.4, 0.5) is 16.3 Å². The number of quaternary nitrogens is 1. The topological polar surface area (TPSA) is 168 Å². The Kier molecular flexibility index (Phi) is 8.89. The molecule has 1 fully saturated rings. The van der Waals surface area contributed by atoms with E-state index in [9.17, 15) is 15.2 Å². The van der Waals surface area contributed by atoms with Gasteiger partial charge in [0.15, 0.2) is 16.5 Å². The second-order valence-electron chi connectivity index (χ2n) is 11.9. The predicted octanol–water partition coefficient (Wildman–Crippen LogP) is 5.03. The lowest BCUT2D eigenvalue weighted by molar-refractivity contribution is -0.660. The number of pyridine rings is 1. The van der Waals surface area contributed by atoms with E-state index in [4.69, 9.17) is 14.2 Å². The van der Waals surface area contributed by atoms with Gasteiger partial charge in [-0.3, -0.25) is 0 Å². The average molecular weight is 699 g/mol. The number of piperazine rings is 1. The summed E-state index contributed by atoms with van der Waals surface area (Å²) in [6.45, 7) is 2.86. The first-order chi connectivity index (χ1) is 24.0. The Bertz CT molecular complexity index is 2140. The van der Waals surface area contributed by atoms with E-state index < -0.39 is 54.9 Å². The van der Waals surface area contributed by atoms with Gasteiger partial charge in [-0.05, 0) is 65.3 Å². The third-order valence-corrected chi connectivity index (χ3v) is 11.6. The minimum atomic E-state index is -5.26. The van der Waals surface area contributed by atoms with Crippen LogP contribution in [0.3, 0.4) is 0 Å². The molecule has 14 heteroatoms. The molecule has 1 saturated heterocycles. The fourth-order valence-corrected chi connectivity index (χ4v) is 9.10. The Morgan fingerprint density at radius 1 is 1.08 bits per heavy atom. The molecule has 2 aliphatic rings. The molecular formula is C36H36N5O8S+. The Hall–Kier alpha value is -5.65. The molecule has 3 heterocycles. The van der Waals surface area contributed by atoms with E-state index in [0.717, 1.165) is 11.6 Å². The second kappa shape index (κ2) is 13.0. The number of anilines is 2. The number of amides is 2. The minimum absolute atomic E-state index is 0.0809. The molecule has 4 aromatic rings. The summed E-state index contributed by atoms with van der Waals surface area (Å²) in [4.78, 5) is 35.6. The molecule has 0 bridgehead atoms. The average Bonchev–Trinajstić information content (AvgIpc) is 3.56. The van der Waals surface area contributed by atoms with E-state index in [-0.39, 0.29) is 41.8 Å². The number of nitriles is 1. The molecular weight excluding hydrogens is 662 g/mol. The number of aryl methyl sites for hydroxylation is 1. The van der Waals surface area contributed by atoms with Crippen LogP contribution in [0.2, 0.25) is 0 Å². The highest BCUT2D eigenvalue weighted by atomic mass is 32.2. The van der Waals surface area contributed by atoms with Crippen LogP contribution < -0.4 is 24.4 Å². The van der Waals surface area contributed by atoms with Gasteiger partial charge >= 0.3 is 22.0 Å². The number of hydrogen-bond acceptors (Lipinski definition) is 11. The van der Waals surface area contributed by atoms with Gasteiger partial charge in [0.05, 0.1) is 26.9 Å². The molecule has 4 atom stereocenters. The summed E-state index contributed by atoms with van der Waals surface area (Å²) in [6.07, 6.45) is -0.460. The van der Waals surface area contributed by atoms with E-state index in [2.05, 4.69) is 16.4 Å². The minimum Gasteiger partial charge on any atom is -0.497 e. The Balaban J connectivity index is 1.80. The number of fused-ring (bicyclic) bond motifs is 1. The summed E-state index contributed by atoms with van der Waals surface area (Å²) >= 11 is 0. The highest BCUT2D eigenvalue weighted by molar-refractivity contribution is 7.86. The fourth-order valence-electron chi connectivity index (χ4n) is 7.22. The first-order valence-electron chi connectivity index (χ1n) is 15.8. The summed E-state index contributed by atoms with van der Waals surface area (Å²) in [5.41, 5.74) is 0.000356. The smallest absolute Gasteiger partial charge is 0.497 e. The lowest BCUT2D eigenvalue weighted by Crippen LogP contribution is -2.79. The van der Waals surface area contributed by atoms with Gasteiger partial charge in [0.1, 0.15) is 29.6 Å². The summed E-state index contributed by atoms with van der Waals surface area (Å²) < 4.78 is 44.9. The monoisotopic (exact) mass is 698 g/mol. The molecule has 0 saturated carbocycles. The van der Waals surface area contributed by atoms with Crippen LogP contribution in [0.15, 0.2) is 90.0 Å². The number of nitrogens with zero attached hydrogens (tertiary/aromatic N) is 4. The van der Waals surface area contributed by atoms with Crippen molar-refractivity contribution in [1.29, 1.82) is 5.26 Å². The summed E-state index contributed by atoms with van der Waals surface area (Å²) in [7, 11) is -2.65. The van der Waals surface area contributed by atoms with Crippen molar-refractivity contribution in [3.8, 4) is 23.3 Å². The van der Waals surface area contributed by atoms with E-state index in [1.165, 1.54) is 37.4 Å². The van der Waals surface area contributed by atoms with Gasteiger partial charge in [-0.2, -0.15) is 18.5 Å². The molecule has 0 spiro atoms. The number of imide groups is 1. The standard InChI is InChI=1S/C36H35N5O8S/c1-5-49-30-13-9-7-11-27(30)36(28-21-39-29-12-8-6-10-26(28)29)34(42)41(35(43)44,22-24(20-37)40(36)33-18-23(2)16-17-38-33)50(45,46)32-15-14-25(47-3)19-31(32)48-4/h6-19,24,28,39H,5,21-22H2,1-4H3/p+1. The number of carboxylic acid groups (broad SMARTS) is 1. The molecule has 4 unspecified atom stereocenters. The number of carbonyl (C=O) groups is 2. The second-order valence-corrected chi connectivity index (χ2v) is 13.9. The van der Waals surface area contributed by atoms with E-state index >= 15 is 13.2 Å². The Morgan fingerprint density at radius 2 is 1.82 bits per heavy atom. The molecule has 1 aromatic heterocycles. The van der Waals surface area contributed by atoms with Gasteiger partial charge in [-0.25, -0.2) is 9.78 Å². The van der Waals surface area contributed by atoms with Crippen LogP contribution in [-0.4, -0.2) is 74.4 Å². The van der Waals surface area contributed by atoms with E-state index in [1.807, 2.05) is 19.1 Å². The molecule has 0 aliphatic carbocycles. The number of rotatable bonds is 9. The van der Waals surface area contributed by atoms with Crippen molar-refractivity contribution >= 4 is 33.5 Å². The summed E-state index contributed by atoms with van der Waals surface area (Å²) in [5, 5.41) is 25.5. The normalized spacial score (nSPS) is 22.9. The fraction of sp³-hybridized carbons (Fsp3) is 0.278. The van der Waals surface area contributed by atoms with Crippen molar-refractivity contribution in [3.05, 3.63) is 102 Å². The zero-order chi connectivity index (χ0) is 35.8. The van der Waals surface area contributed by atoms with Crippen LogP contribution in [0.1, 0.15) is 29.5 Å². The van der Waals surface area contributed by atoms with E-state index in [0.29, 0.717) is 11.3 Å². The van der Waals surface area contributed by atoms with Crippen molar-refractivity contribution in [2.24, 2.45) is 0 Å². The number of hydrogen-bond donors (Lipinski definition) is 2. The maximum absolute atomic E-state index is 16.1. The molecule has 50 heavy (non-hydrogen) atoms. The third kappa shape index (κ3) is 4.92. The number of para-hydroxylation sites is 2. The number of aromatic nitrogens is 1. The maximum Gasteiger partial charge on any atom is 0.537 e. The SMILES string of the molecule is CCOc1ccccc1C1(C2CNc3ccccc32)C(=O)[N+](C(=O)O)(S(=O)(=O)c2ccc(OC)cc2OC)CC(C#N)N1c1cc(C)ccn1. The first-order valence-corrected chi connectivity index (χ1v) is 17.3. The van der Waals surface area contributed by atoms with Crippen LogP contribution in [-0.2, 0) is 20.4 Å². The van der Waals surface area contributed by atoms with Crippen molar-refractivity contribution in [1.82, 2.24) is 4.98 Å². The van der Waals surface area contributed by atoms with Gasteiger partial charge in [0.25, 0.3) is 0 Å². The lowest BCUT2D eigenvalue weighted by Gasteiger charge is -2.54. The largest absolute Gasteiger partial charge is 0.537 e. The number of nitrogens with one attached hydrogen (secondary N) is 1. The molecule has 6 rings (SSSR count). The summed E-state index contributed by atoms with van der Waals surface area (Å²) in [6, 6.07) is 21.7. The number of benzene rings is 3. The first kappa shape index (κ1) is 34.2. The molecule has 2 aliphatic heterocycles. The highest BCUT2D eigenvalue weighted by Gasteiger charge is 2.75. The predicted molar refractivity (Wildman–Crippen MR) is 183 cm³/mol. The van der Waals surface area contributed by atoms with E-state index in [1.54, 1.807) is 55.5 Å².